The summed E-state index contributed by atoms with van der Waals surface area (Å²) in [5.41, 5.74) is 8.65. The number of benzene rings is 2. The molecule has 4 rings (SSSR count). The van der Waals surface area contributed by atoms with Gasteiger partial charge in [0, 0.05) is 16.9 Å². The molecule has 2 aromatic carbocycles. The van der Waals surface area contributed by atoms with Crippen LogP contribution in [0.2, 0.25) is 0 Å². The number of β-lactam (4-membered cyclic amide) rings is 1. The Kier molecular flexibility index (Phi) is 7.19. The summed E-state index contributed by atoms with van der Waals surface area (Å²) in [5, 5.41) is -0.348. The molecule has 2 heterocycles. The zero-order chi connectivity index (χ0) is 24.2. The molecule has 0 radical (unpaired) electrons. The highest BCUT2D eigenvalue weighted by Gasteiger charge is 2.52. The Morgan fingerprint density at radius 1 is 1.12 bits per heavy atom. The summed E-state index contributed by atoms with van der Waals surface area (Å²) in [4.78, 5) is 39.7. The number of amides is 1. The van der Waals surface area contributed by atoms with Crippen LogP contribution in [0.25, 0.3) is 0 Å². The average Bonchev–Trinajstić information content (AvgIpc) is 2.89. The molecule has 2 atom stereocenters. The molecule has 176 valence electrons. The molecule has 8 heteroatoms. The number of hydrogen-bond acceptors (Lipinski definition) is 7. The van der Waals surface area contributed by atoms with Gasteiger partial charge in [-0.1, -0.05) is 66.7 Å². The van der Waals surface area contributed by atoms with Crippen LogP contribution in [-0.4, -0.2) is 46.5 Å². The molecule has 2 aliphatic heterocycles. The Balaban J connectivity index is 1.66. The zero-order valence-corrected chi connectivity index (χ0v) is 19.8. The number of allylic oxidation sites excluding steroid dienone is 1. The van der Waals surface area contributed by atoms with Crippen molar-refractivity contribution in [3.8, 4) is 0 Å². The summed E-state index contributed by atoms with van der Waals surface area (Å²) >= 11 is 1.44. The predicted molar refractivity (Wildman–Crippen MR) is 129 cm³/mol. The minimum absolute atomic E-state index is 0.109. The van der Waals surface area contributed by atoms with Gasteiger partial charge in [0.15, 0.2) is 6.10 Å². The van der Waals surface area contributed by atoms with Crippen LogP contribution in [-0.2, 0) is 23.9 Å². The largest absolute Gasteiger partial charge is 0.458 e. The van der Waals surface area contributed by atoms with Crippen LogP contribution in [0.4, 0.5) is 0 Å². The second-order valence-corrected chi connectivity index (χ2v) is 9.15. The van der Waals surface area contributed by atoms with Crippen molar-refractivity contribution in [1.82, 2.24) is 4.90 Å². The van der Waals surface area contributed by atoms with Crippen LogP contribution in [0.1, 0.15) is 31.1 Å². The van der Waals surface area contributed by atoms with Gasteiger partial charge in [-0.25, -0.2) is 9.59 Å². The third-order valence-electron chi connectivity index (χ3n) is 5.84. The van der Waals surface area contributed by atoms with Crippen molar-refractivity contribution < 1.29 is 23.9 Å². The zero-order valence-electron chi connectivity index (χ0n) is 19.0. The van der Waals surface area contributed by atoms with Gasteiger partial charge in [-0.2, -0.15) is 0 Å². The summed E-state index contributed by atoms with van der Waals surface area (Å²) in [6, 6.07) is 18.1. The highest BCUT2D eigenvalue weighted by atomic mass is 32.2. The molecular formula is C26H26N2O5S. The second-order valence-electron chi connectivity index (χ2n) is 8.04. The van der Waals surface area contributed by atoms with E-state index in [9.17, 15) is 14.4 Å². The van der Waals surface area contributed by atoms with E-state index in [0.29, 0.717) is 16.9 Å². The van der Waals surface area contributed by atoms with Gasteiger partial charge in [-0.3, -0.25) is 9.69 Å². The molecular weight excluding hydrogens is 452 g/mol. The van der Waals surface area contributed by atoms with Crippen molar-refractivity contribution in [3.63, 3.8) is 0 Å². The third-order valence-corrected chi connectivity index (χ3v) is 7.20. The minimum Gasteiger partial charge on any atom is -0.458 e. The molecule has 0 saturated carbocycles. The number of nitrogens with zero attached hydrogens (tertiary/aromatic N) is 1. The average molecular weight is 479 g/mol. The minimum atomic E-state index is -0.679. The van der Waals surface area contributed by atoms with Crippen molar-refractivity contribution in [3.05, 3.63) is 94.7 Å². The fourth-order valence-electron chi connectivity index (χ4n) is 3.81. The quantitative estimate of drug-likeness (QED) is 0.370. The molecule has 0 spiro atoms. The van der Waals surface area contributed by atoms with Crippen molar-refractivity contribution in [2.45, 2.75) is 31.4 Å². The normalized spacial score (nSPS) is 20.1. The third kappa shape index (κ3) is 4.64. The lowest BCUT2D eigenvalue weighted by atomic mass is 10.0. The number of hydrogen-bond donors (Lipinski definition) is 1. The van der Waals surface area contributed by atoms with Gasteiger partial charge in [0.2, 0.25) is 5.91 Å². The molecule has 0 aliphatic carbocycles. The van der Waals surface area contributed by atoms with Crippen molar-refractivity contribution in [1.29, 1.82) is 0 Å². The van der Waals surface area contributed by atoms with E-state index in [0.717, 1.165) is 11.1 Å². The summed E-state index contributed by atoms with van der Waals surface area (Å²) in [6.07, 6.45) is 0.981. The molecule has 2 aliphatic rings. The number of nitrogens with two attached hydrogens (primary N) is 1. The van der Waals surface area contributed by atoms with E-state index in [2.05, 4.69) is 0 Å². The molecule has 1 saturated heterocycles. The molecule has 1 amide bonds. The fraction of sp³-hybridized carbons (Fsp3) is 0.269. The Morgan fingerprint density at radius 2 is 1.71 bits per heavy atom. The van der Waals surface area contributed by atoms with E-state index in [-0.39, 0.29) is 23.6 Å². The van der Waals surface area contributed by atoms with Gasteiger partial charge >= 0.3 is 11.9 Å². The van der Waals surface area contributed by atoms with Crippen molar-refractivity contribution >= 4 is 29.6 Å². The topological polar surface area (TPSA) is 98.9 Å². The highest BCUT2D eigenvalue weighted by Crippen LogP contribution is 2.40. The van der Waals surface area contributed by atoms with E-state index in [1.165, 1.54) is 16.7 Å². The summed E-state index contributed by atoms with van der Waals surface area (Å²) in [5.74, 6) is -1.09. The molecule has 34 heavy (non-hydrogen) atoms. The molecule has 0 unspecified atom stereocenters. The summed E-state index contributed by atoms with van der Waals surface area (Å²) in [7, 11) is 0. The van der Waals surface area contributed by atoms with Gasteiger partial charge < -0.3 is 15.2 Å². The predicted octanol–water partition coefficient (Wildman–Crippen LogP) is 3.33. The molecule has 2 N–H and O–H groups in total. The van der Waals surface area contributed by atoms with Gasteiger partial charge in [0.1, 0.15) is 23.7 Å². The van der Waals surface area contributed by atoms with Gasteiger partial charge in [-0.05, 0) is 25.0 Å². The van der Waals surface area contributed by atoms with Gasteiger partial charge in [0.05, 0.1) is 0 Å². The lowest BCUT2D eigenvalue weighted by Gasteiger charge is -2.48. The van der Waals surface area contributed by atoms with E-state index >= 15 is 0 Å². The van der Waals surface area contributed by atoms with Crippen LogP contribution in [0.5, 0.6) is 0 Å². The smallest absolute Gasteiger partial charge is 0.356 e. The molecule has 2 aromatic rings. The number of fused-ring (bicyclic) bond motifs is 1. The lowest BCUT2D eigenvalue weighted by Crippen LogP contribution is -2.68. The van der Waals surface area contributed by atoms with E-state index < -0.39 is 24.1 Å². The Hall–Kier alpha value is -3.36. The number of ether oxygens (including phenoxy) is 2. The number of carbonyl (C=O) groups excluding carboxylic acids is 3. The van der Waals surface area contributed by atoms with Gasteiger partial charge in [-0.15, -0.1) is 11.8 Å². The first-order valence-electron chi connectivity index (χ1n) is 11.0. The Morgan fingerprint density at radius 3 is 2.26 bits per heavy atom. The van der Waals surface area contributed by atoms with E-state index in [4.69, 9.17) is 15.2 Å². The van der Waals surface area contributed by atoms with E-state index in [1.54, 1.807) is 19.9 Å². The molecule has 0 bridgehead atoms. The summed E-state index contributed by atoms with van der Waals surface area (Å²) in [6.45, 7) is 3.28. The first kappa shape index (κ1) is 23.8. The number of carbonyl (C=O) groups is 3. The van der Waals surface area contributed by atoms with Gasteiger partial charge in [0.25, 0.3) is 0 Å². The monoisotopic (exact) mass is 478 g/mol. The summed E-state index contributed by atoms with van der Waals surface area (Å²) < 4.78 is 11.4. The maximum atomic E-state index is 13.6. The van der Waals surface area contributed by atoms with Crippen LogP contribution in [0.3, 0.4) is 0 Å². The second kappa shape index (κ2) is 10.3. The maximum absolute atomic E-state index is 13.6. The van der Waals surface area contributed by atoms with E-state index in [1.807, 2.05) is 60.7 Å². The maximum Gasteiger partial charge on any atom is 0.356 e. The lowest BCUT2D eigenvalue weighted by molar-refractivity contribution is -0.153. The number of thioether (sulfide) groups is 1. The first-order chi connectivity index (χ1) is 16.4. The molecule has 1 fully saturated rings. The van der Waals surface area contributed by atoms with Crippen molar-refractivity contribution in [2.24, 2.45) is 5.73 Å². The van der Waals surface area contributed by atoms with Crippen LogP contribution in [0.15, 0.2) is 83.6 Å². The number of esters is 2. The molecule has 7 nitrogen and oxygen atoms in total. The first-order valence-corrected chi connectivity index (χ1v) is 12.0. The fourth-order valence-corrected chi connectivity index (χ4v) is 5.08. The van der Waals surface area contributed by atoms with Crippen LogP contribution in [0, 0.1) is 0 Å². The number of rotatable bonds is 7. The highest BCUT2D eigenvalue weighted by molar-refractivity contribution is 8.00. The van der Waals surface area contributed by atoms with Crippen molar-refractivity contribution in [2.75, 3.05) is 12.4 Å². The van der Waals surface area contributed by atoms with Crippen LogP contribution < -0.4 is 5.73 Å². The Bertz CT molecular complexity index is 1110. The SMILES string of the molecule is C/C=C(/C)C(=O)OCC1=C(C(=O)OC(c2ccccc2)c2ccccc2)N2C(=O)[C@@H](N)[C@H]2SC1. The van der Waals surface area contributed by atoms with Crippen LogP contribution >= 0.6 is 11.8 Å². The standard InChI is InChI=1S/C26H26N2O5S/c1-3-16(2)25(30)32-14-19-15-34-24-20(27)23(29)28(24)21(19)26(31)33-22(17-10-6-4-7-11-17)18-12-8-5-9-13-18/h3-13,20,22,24H,14-15,27H2,1-2H3/b16-3-/t20-,24-/m1/s1. The Labute approximate surface area is 202 Å². The molecule has 0 aromatic heterocycles.